The highest BCUT2D eigenvalue weighted by molar-refractivity contribution is 7.12. The minimum absolute atomic E-state index is 0.247. The standard InChI is InChI=1S/C18H21NO2S/c1-10-6-17-13(7-11(2)22-17)15-8-12-4-5-16(20)18(21-3)14(12)9-19(10)15/h4-5,7,10,15,20H,6,8-9H2,1-3H3. The highest BCUT2D eigenvalue weighted by Gasteiger charge is 2.38. The van der Waals surface area contributed by atoms with E-state index >= 15 is 0 Å². The molecule has 1 aromatic carbocycles. The fraction of sp³-hybridized carbons (Fsp3) is 0.444. The van der Waals surface area contributed by atoms with Gasteiger partial charge in [-0.1, -0.05) is 6.07 Å². The van der Waals surface area contributed by atoms with Gasteiger partial charge in [-0.3, -0.25) is 4.90 Å². The first-order chi connectivity index (χ1) is 10.6. The van der Waals surface area contributed by atoms with Crippen LogP contribution in [0.1, 0.15) is 39.4 Å². The number of thiophene rings is 1. The third-order valence-electron chi connectivity index (χ3n) is 5.07. The van der Waals surface area contributed by atoms with E-state index < -0.39 is 0 Å². The lowest BCUT2D eigenvalue weighted by Gasteiger charge is -2.44. The second-order valence-electron chi connectivity index (χ2n) is 6.44. The summed E-state index contributed by atoms with van der Waals surface area (Å²) in [6.45, 7) is 5.37. The molecule has 0 aliphatic carbocycles. The highest BCUT2D eigenvalue weighted by atomic mass is 32.1. The lowest BCUT2D eigenvalue weighted by atomic mass is 9.84. The van der Waals surface area contributed by atoms with Gasteiger partial charge < -0.3 is 9.84 Å². The number of rotatable bonds is 1. The summed E-state index contributed by atoms with van der Waals surface area (Å²) < 4.78 is 5.46. The van der Waals surface area contributed by atoms with Gasteiger partial charge in [0.1, 0.15) is 0 Å². The van der Waals surface area contributed by atoms with Gasteiger partial charge in [-0.15, -0.1) is 11.3 Å². The first-order valence-electron chi connectivity index (χ1n) is 7.81. The van der Waals surface area contributed by atoms with Crippen LogP contribution in [-0.4, -0.2) is 23.2 Å². The first-order valence-corrected chi connectivity index (χ1v) is 8.62. The molecule has 4 heteroatoms. The molecule has 0 amide bonds. The van der Waals surface area contributed by atoms with Gasteiger partial charge in [0.05, 0.1) is 7.11 Å². The Labute approximate surface area is 135 Å². The Morgan fingerprint density at radius 2 is 2.14 bits per heavy atom. The molecule has 0 saturated heterocycles. The average molecular weight is 315 g/mol. The number of aryl methyl sites for hydroxylation is 1. The summed E-state index contributed by atoms with van der Waals surface area (Å²) in [5.41, 5.74) is 3.97. The van der Waals surface area contributed by atoms with E-state index in [2.05, 4.69) is 30.9 Å². The van der Waals surface area contributed by atoms with Gasteiger partial charge in [0, 0.05) is 33.9 Å². The van der Waals surface area contributed by atoms with E-state index in [0.717, 1.165) is 24.9 Å². The normalized spacial score (nSPS) is 23.6. The molecule has 116 valence electrons. The van der Waals surface area contributed by atoms with E-state index in [0.29, 0.717) is 17.8 Å². The van der Waals surface area contributed by atoms with Gasteiger partial charge in [0.15, 0.2) is 11.5 Å². The minimum Gasteiger partial charge on any atom is -0.504 e. The Kier molecular flexibility index (Phi) is 3.20. The maximum absolute atomic E-state index is 10.0. The van der Waals surface area contributed by atoms with Crippen molar-refractivity contribution in [2.24, 2.45) is 0 Å². The Morgan fingerprint density at radius 3 is 2.91 bits per heavy atom. The highest BCUT2D eigenvalue weighted by Crippen LogP contribution is 2.46. The lowest BCUT2D eigenvalue weighted by molar-refractivity contribution is 0.106. The third-order valence-corrected chi connectivity index (χ3v) is 6.15. The first kappa shape index (κ1) is 14.1. The molecular formula is C18H21NO2S. The zero-order chi connectivity index (χ0) is 15.4. The molecule has 3 nitrogen and oxygen atoms in total. The Balaban J connectivity index is 1.82. The maximum atomic E-state index is 10.0. The Bertz CT molecular complexity index is 737. The van der Waals surface area contributed by atoms with Gasteiger partial charge >= 0.3 is 0 Å². The average Bonchev–Trinajstić information content (AvgIpc) is 2.86. The van der Waals surface area contributed by atoms with Crippen LogP contribution in [-0.2, 0) is 19.4 Å². The molecule has 2 unspecified atom stereocenters. The molecular weight excluding hydrogens is 294 g/mol. The molecule has 4 rings (SSSR count). The van der Waals surface area contributed by atoms with Crippen molar-refractivity contribution < 1.29 is 9.84 Å². The van der Waals surface area contributed by atoms with Gasteiger partial charge in [-0.05, 0) is 49.9 Å². The number of benzene rings is 1. The van der Waals surface area contributed by atoms with Crippen molar-refractivity contribution in [2.75, 3.05) is 7.11 Å². The number of ether oxygens (including phenoxy) is 1. The van der Waals surface area contributed by atoms with Crippen molar-refractivity contribution >= 4 is 11.3 Å². The van der Waals surface area contributed by atoms with E-state index in [1.54, 1.807) is 18.1 Å². The number of hydrogen-bond acceptors (Lipinski definition) is 4. The summed E-state index contributed by atoms with van der Waals surface area (Å²) in [4.78, 5) is 5.53. The van der Waals surface area contributed by atoms with Crippen molar-refractivity contribution in [1.82, 2.24) is 4.90 Å². The second kappa shape index (κ2) is 5.00. The fourth-order valence-electron chi connectivity index (χ4n) is 4.03. The molecule has 22 heavy (non-hydrogen) atoms. The van der Waals surface area contributed by atoms with Gasteiger partial charge in [0.2, 0.25) is 0 Å². The van der Waals surface area contributed by atoms with Gasteiger partial charge in [-0.25, -0.2) is 0 Å². The predicted octanol–water partition coefficient (Wildman–Crippen LogP) is 3.81. The minimum atomic E-state index is 0.247. The molecule has 2 aliphatic heterocycles. The summed E-state index contributed by atoms with van der Waals surface area (Å²) in [7, 11) is 1.64. The zero-order valence-corrected chi connectivity index (χ0v) is 14.0. The quantitative estimate of drug-likeness (QED) is 0.868. The second-order valence-corrected chi connectivity index (χ2v) is 7.78. The van der Waals surface area contributed by atoms with Crippen molar-refractivity contribution in [1.29, 1.82) is 0 Å². The summed E-state index contributed by atoms with van der Waals surface area (Å²) >= 11 is 1.95. The molecule has 3 heterocycles. The van der Waals surface area contributed by atoms with Crippen LogP contribution in [0.25, 0.3) is 0 Å². The predicted molar refractivity (Wildman–Crippen MR) is 88.9 cm³/mol. The van der Waals surface area contributed by atoms with Crippen molar-refractivity contribution in [2.45, 2.75) is 45.3 Å². The van der Waals surface area contributed by atoms with E-state index in [9.17, 15) is 5.11 Å². The van der Waals surface area contributed by atoms with E-state index in [-0.39, 0.29) is 5.75 Å². The van der Waals surface area contributed by atoms with Crippen molar-refractivity contribution in [3.63, 3.8) is 0 Å². The molecule has 0 fully saturated rings. The van der Waals surface area contributed by atoms with Gasteiger partial charge in [0.25, 0.3) is 0 Å². The molecule has 1 N–H and O–H groups in total. The number of hydrogen-bond donors (Lipinski definition) is 1. The Hall–Kier alpha value is -1.52. The number of nitrogens with zero attached hydrogens (tertiary/aromatic N) is 1. The molecule has 2 aromatic rings. The molecule has 1 aromatic heterocycles. The van der Waals surface area contributed by atoms with Crippen LogP contribution in [0, 0.1) is 6.92 Å². The van der Waals surface area contributed by atoms with E-state index in [1.165, 1.54) is 16.0 Å². The molecule has 2 atom stereocenters. The molecule has 2 aliphatic rings. The number of methoxy groups -OCH3 is 1. The van der Waals surface area contributed by atoms with Crippen LogP contribution in [0.15, 0.2) is 18.2 Å². The zero-order valence-electron chi connectivity index (χ0n) is 13.2. The third kappa shape index (κ3) is 1.97. The van der Waals surface area contributed by atoms with E-state index in [4.69, 9.17) is 4.74 Å². The van der Waals surface area contributed by atoms with Gasteiger partial charge in [-0.2, -0.15) is 0 Å². The summed E-state index contributed by atoms with van der Waals surface area (Å²) in [6, 6.07) is 7.18. The number of phenolic OH excluding ortho intramolecular Hbond substituents is 1. The van der Waals surface area contributed by atoms with Crippen LogP contribution in [0.2, 0.25) is 0 Å². The maximum Gasteiger partial charge on any atom is 0.165 e. The Morgan fingerprint density at radius 1 is 1.32 bits per heavy atom. The van der Waals surface area contributed by atoms with Crippen LogP contribution in [0.5, 0.6) is 11.5 Å². The number of phenols is 1. The topological polar surface area (TPSA) is 32.7 Å². The molecule has 0 radical (unpaired) electrons. The molecule has 0 saturated carbocycles. The van der Waals surface area contributed by atoms with Crippen LogP contribution in [0.4, 0.5) is 0 Å². The fourth-order valence-corrected chi connectivity index (χ4v) is 5.24. The van der Waals surface area contributed by atoms with Crippen molar-refractivity contribution in [3.8, 4) is 11.5 Å². The van der Waals surface area contributed by atoms with Crippen LogP contribution < -0.4 is 4.74 Å². The summed E-state index contributed by atoms with van der Waals surface area (Å²) in [5, 5.41) is 10.0. The monoisotopic (exact) mass is 315 g/mol. The van der Waals surface area contributed by atoms with Crippen LogP contribution >= 0.6 is 11.3 Å². The number of aromatic hydroxyl groups is 1. The van der Waals surface area contributed by atoms with Crippen molar-refractivity contribution in [3.05, 3.63) is 44.6 Å². The van der Waals surface area contributed by atoms with Crippen LogP contribution in [0.3, 0.4) is 0 Å². The van der Waals surface area contributed by atoms with E-state index in [1.807, 2.05) is 11.3 Å². The number of fused-ring (bicyclic) bond motifs is 4. The molecule has 0 spiro atoms. The summed E-state index contributed by atoms with van der Waals surface area (Å²) in [5.74, 6) is 0.895. The largest absolute Gasteiger partial charge is 0.504 e. The summed E-state index contributed by atoms with van der Waals surface area (Å²) in [6.07, 6.45) is 2.13. The SMILES string of the molecule is COc1c(O)ccc2c1CN1C(C)Cc3sc(C)cc3C1C2. The molecule has 0 bridgehead atoms. The smallest absolute Gasteiger partial charge is 0.165 e. The lowest BCUT2D eigenvalue weighted by Crippen LogP contribution is -2.44.